The van der Waals surface area contributed by atoms with Gasteiger partial charge in [0.1, 0.15) is 0 Å². The summed E-state index contributed by atoms with van der Waals surface area (Å²) in [5, 5.41) is 3.84. The maximum Gasteiger partial charge on any atom is 0.0956 e. The van der Waals surface area contributed by atoms with Gasteiger partial charge >= 0.3 is 0 Å². The van der Waals surface area contributed by atoms with Crippen molar-refractivity contribution in [2.45, 2.75) is 17.2 Å². The van der Waals surface area contributed by atoms with Crippen LogP contribution in [0.2, 0.25) is 0 Å². The van der Waals surface area contributed by atoms with Gasteiger partial charge in [0.15, 0.2) is 0 Å². The van der Waals surface area contributed by atoms with E-state index in [9.17, 15) is 0 Å². The predicted molar refractivity (Wildman–Crippen MR) is 54.5 cm³/mol. The maximum absolute atomic E-state index is 3.41. The predicted octanol–water partition coefficient (Wildman–Crippen LogP) is 3.11. The Balaban J connectivity index is 2.22. The highest BCUT2D eigenvalue weighted by Crippen LogP contribution is 2.38. The summed E-state index contributed by atoms with van der Waals surface area (Å²) in [6, 6.07) is 8.40. The monoisotopic (exact) mass is 177 g/mol. The molecule has 1 aromatic rings. The zero-order valence-corrected chi connectivity index (χ0v) is 7.77. The molecule has 0 unspecified atom stereocenters. The van der Waals surface area contributed by atoms with Crippen molar-refractivity contribution >= 4 is 17.4 Å². The van der Waals surface area contributed by atoms with E-state index in [1.165, 1.54) is 10.6 Å². The number of para-hydroxylation sites is 1. The van der Waals surface area contributed by atoms with Gasteiger partial charge in [0.2, 0.25) is 0 Å². The van der Waals surface area contributed by atoms with Gasteiger partial charge in [-0.2, -0.15) is 0 Å². The molecule has 12 heavy (non-hydrogen) atoms. The molecule has 0 radical (unpaired) electrons. The van der Waals surface area contributed by atoms with Crippen LogP contribution in [0.1, 0.15) is 6.92 Å². The van der Waals surface area contributed by atoms with Crippen LogP contribution >= 0.6 is 11.8 Å². The molecule has 1 aliphatic rings. The third kappa shape index (κ3) is 1.34. The van der Waals surface area contributed by atoms with Gasteiger partial charge in [-0.05, 0) is 19.1 Å². The van der Waals surface area contributed by atoms with Crippen molar-refractivity contribution in [2.75, 3.05) is 5.32 Å². The molecule has 1 aliphatic heterocycles. The fraction of sp³-hybridized carbons (Fsp3) is 0.200. The third-order valence-electron chi connectivity index (χ3n) is 1.81. The standard InChI is InChI=1S/C10H11NS/c1-2-5-10-11-8-6-3-4-7-9(8)12-10/h2-7,10-11H,1H3/b5-2+/t10-/m0/s1. The minimum atomic E-state index is 0.424. The van der Waals surface area contributed by atoms with Gasteiger partial charge in [0.05, 0.1) is 5.37 Å². The Morgan fingerprint density at radius 2 is 2.25 bits per heavy atom. The lowest BCUT2D eigenvalue weighted by molar-refractivity contribution is 1.27. The topological polar surface area (TPSA) is 12.0 Å². The van der Waals surface area contributed by atoms with E-state index in [0.29, 0.717) is 5.37 Å². The largest absolute Gasteiger partial charge is 0.369 e. The van der Waals surface area contributed by atoms with Gasteiger partial charge in [0.25, 0.3) is 0 Å². The van der Waals surface area contributed by atoms with E-state index in [-0.39, 0.29) is 0 Å². The van der Waals surface area contributed by atoms with E-state index in [2.05, 4.69) is 41.7 Å². The molecule has 1 atom stereocenters. The van der Waals surface area contributed by atoms with Crippen LogP contribution in [0.15, 0.2) is 41.3 Å². The Hall–Kier alpha value is -0.890. The first-order chi connectivity index (χ1) is 5.90. The Morgan fingerprint density at radius 1 is 1.42 bits per heavy atom. The molecule has 0 spiro atoms. The fourth-order valence-electron chi connectivity index (χ4n) is 1.27. The maximum atomic E-state index is 3.41. The lowest BCUT2D eigenvalue weighted by Crippen LogP contribution is -2.04. The molecular weight excluding hydrogens is 166 g/mol. The minimum Gasteiger partial charge on any atom is -0.369 e. The molecule has 0 aliphatic carbocycles. The summed E-state index contributed by atoms with van der Waals surface area (Å²) in [6.07, 6.45) is 4.25. The molecule has 0 fully saturated rings. The van der Waals surface area contributed by atoms with E-state index in [1.54, 1.807) is 0 Å². The van der Waals surface area contributed by atoms with Crippen molar-refractivity contribution in [3.8, 4) is 0 Å². The SMILES string of the molecule is C/C=C/[C@H]1Nc2ccccc2S1. The molecule has 1 nitrogen and oxygen atoms in total. The number of thioether (sulfide) groups is 1. The first-order valence-corrected chi connectivity index (χ1v) is 4.93. The number of allylic oxidation sites excluding steroid dienone is 1. The van der Waals surface area contributed by atoms with Crippen molar-refractivity contribution in [3.05, 3.63) is 36.4 Å². The fourth-order valence-corrected chi connectivity index (χ4v) is 2.38. The first kappa shape index (κ1) is 7.74. The molecule has 0 saturated carbocycles. The van der Waals surface area contributed by atoms with Crippen LogP contribution in [0, 0.1) is 0 Å². The average molecular weight is 177 g/mol. The van der Waals surface area contributed by atoms with E-state index in [0.717, 1.165) is 0 Å². The van der Waals surface area contributed by atoms with Gasteiger partial charge in [-0.3, -0.25) is 0 Å². The average Bonchev–Trinajstić information content (AvgIpc) is 2.47. The summed E-state index contributed by atoms with van der Waals surface area (Å²) < 4.78 is 0. The van der Waals surface area contributed by atoms with Gasteiger partial charge in [-0.15, -0.1) is 0 Å². The highest BCUT2D eigenvalue weighted by atomic mass is 32.2. The second-order valence-electron chi connectivity index (χ2n) is 2.70. The lowest BCUT2D eigenvalue weighted by atomic mass is 10.3. The Labute approximate surface area is 76.9 Å². The molecule has 0 bridgehead atoms. The van der Waals surface area contributed by atoms with Crippen LogP contribution in [-0.2, 0) is 0 Å². The van der Waals surface area contributed by atoms with Crippen molar-refractivity contribution in [1.29, 1.82) is 0 Å². The molecule has 0 amide bonds. The number of nitrogens with one attached hydrogen (secondary N) is 1. The number of rotatable bonds is 1. The summed E-state index contributed by atoms with van der Waals surface area (Å²) in [6.45, 7) is 2.05. The number of fused-ring (bicyclic) bond motifs is 1. The molecule has 0 aromatic heterocycles. The summed E-state index contributed by atoms with van der Waals surface area (Å²) in [5.41, 5.74) is 1.26. The van der Waals surface area contributed by atoms with Gasteiger partial charge in [0, 0.05) is 10.6 Å². The van der Waals surface area contributed by atoms with E-state index in [1.807, 2.05) is 18.7 Å². The van der Waals surface area contributed by atoms with E-state index < -0.39 is 0 Å². The van der Waals surface area contributed by atoms with Gasteiger partial charge < -0.3 is 5.32 Å². The highest BCUT2D eigenvalue weighted by molar-refractivity contribution is 8.00. The number of anilines is 1. The van der Waals surface area contributed by atoms with Crippen LogP contribution < -0.4 is 5.32 Å². The van der Waals surface area contributed by atoms with Gasteiger partial charge in [-0.25, -0.2) is 0 Å². The molecule has 2 heteroatoms. The number of hydrogen-bond acceptors (Lipinski definition) is 2. The quantitative estimate of drug-likeness (QED) is 0.661. The van der Waals surface area contributed by atoms with Crippen molar-refractivity contribution < 1.29 is 0 Å². The molecular formula is C10H11NS. The van der Waals surface area contributed by atoms with Crippen LogP contribution in [0.3, 0.4) is 0 Å². The molecule has 1 N–H and O–H groups in total. The molecule has 0 saturated heterocycles. The minimum absolute atomic E-state index is 0.424. The van der Waals surface area contributed by atoms with Crippen LogP contribution in [0.5, 0.6) is 0 Å². The normalized spacial score (nSPS) is 20.9. The van der Waals surface area contributed by atoms with Crippen molar-refractivity contribution in [3.63, 3.8) is 0 Å². The second-order valence-corrected chi connectivity index (χ2v) is 3.89. The highest BCUT2D eigenvalue weighted by Gasteiger charge is 2.17. The van der Waals surface area contributed by atoms with Gasteiger partial charge in [-0.1, -0.05) is 36.0 Å². The molecule has 62 valence electrons. The van der Waals surface area contributed by atoms with Crippen LogP contribution in [0.4, 0.5) is 5.69 Å². The zero-order chi connectivity index (χ0) is 8.39. The van der Waals surface area contributed by atoms with Crippen LogP contribution in [-0.4, -0.2) is 5.37 Å². The van der Waals surface area contributed by atoms with Crippen molar-refractivity contribution in [1.82, 2.24) is 0 Å². The van der Waals surface area contributed by atoms with Crippen molar-refractivity contribution in [2.24, 2.45) is 0 Å². The second kappa shape index (κ2) is 3.23. The third-order valence-corrected chi connectivity index (χ3v) is 2.94. The van der Waals surface area contributed by atoms with Crippen LogP contribution in [0.25, 0.3) is 0 Å². The summed E-state index contributed by atoms with van der Waals surface area (Å²) >= 11 is 1.86. The molecule has 1 heterocycles. The van der Waals surface area contributed by atoms with E-state index >= 15 is 0 Å². The summed E-state index contributed by atoms with van der Waals surface area (Å²) in [4.78, 5) is 1.35. The number of hydrogen-bond donors (Lipinski definition) is 1. The van der Waals surface area contributed by atoms with E-state index in [4.69, 9.17) is 0 Å². The Bertz CT molecular complexity index is 281. The smallest absolute Gasteiger partial charge is 0.0956 e. The zero-order valence-electron chi connectivity index (χ0n) is 6.95. The molecule has 2 rings (SSSR count). The summed E-state index contributed by atoms with van der Waals surface area (Å²) in [5.74, 6) is 0. The first-order valence-electron chi connectivity index (χ1n) is 4.05. The number of benzene rings is 1. The Morgan fingerprint density at radius 3 is 3.00 bits per heavy atom. The Kier molecular flexibility index (Phi) is 2.09. The lowest BCUT2D eigenvalue weighted by Gasteiger charge is -2.01. The summed E-state index contributed by atoms with van der Waals surface area (Å²) in [7, 11) is 0. The molecule has 1 aromatic carbocycles.